The molecule has 0 amide bonds. The molecule has 12 heavy (non-hydrogen) atoms. The fourth-order valence-electron chi connectivity index (χ4n) is 1.30. The zero-order valence-corrected chi connectivity index (χ0v) is 7.70. The first kappa shape index (κ1) is 9.20. The molecule has 0 aliphatic heterocycles. The third-order valence-electron chi connectivity index (χ3n) is 2.05. The largest absolute Gasteiger partial charge is 0.362 e. The summed E-state index contributed by atoms with van der Waals surface area (Å²) in [5.41, 5.74) is -0.784. The first-order valence-corrected chi connectivity index (χ1v) is 4.09. The van der Waals surface area contributed by atoms with E-state index in [2.05, 4.69) is 0 Å². The minimum absolute atomic E-state index is 0.00245. The fourth-order valence-corrected chi connectivity index (χ4v) is 1.30. The van der Waals surface area contributed by atoms with Crippen LogP contribution in [0.3, 0.4) is 0 Å². The van der Waals surface area contributed by atoms with E-state index in [1.807, 2.05) is 26.0 Å². The summed E-state index contributed by atoms with van der Waals surface area (Å²) in [5.74, 6) is 0.104. The number of allylic oxidation sites excluding steroid dienone is 2. The summed E-state index contributed by atoms with van der Waals surface area (Å²) in [6, 6.07) is 0. The van der Waals surface area contributed by atoms with E-state index in [1.165, 1.54) is 0 Å². The third kappa shape index (κ3) is 1.34. The fraction of sp³-hybridized carbons (Fsp3) is 0.500. The van der Waals surface area contributed by atoms with Gasteiger partial charge in [0.15, 0.2) is 11.4 Å². The number of carbonyl (C=O) groups is 1. The Labute approximate surface area is 72.9 Å². The van der Waals surface area contributed by atoms with E-state index in [9.17, 15) is 4.79 Å². The van der Waals surface area contributed by atoms with Crippen molar-refractivity contribution in [3.63, 3.8) is 0 Å². The van der Waals surface area contributed by atoms with E-state index < -0.39 is 5.60 Å². The van der Waals surface area contributed by atoms with Gasteiger partial charge in [-0.1, -0.05) is 26.0 Å². The van der Waals surface area contributed by atoms with Gasteiger partial charge >= 0.3 is 0 Å². The van der Waals surface area contributed by atoms with Gasteiger partial charge in [-0.3, -0.25) is 4.79 Å². The van der Waals surface area contributed by atoms with Crippen LogP contribution in [-0.4, -0.2) is 18.5 Å². The van der Waals surface area contributed by atoms with Gasteiger partial charge < -0.3 is 4.74 Å². The molecule has 1 rings (SSSR count). The molecule has 0 unspecified atom stereocenters. The summed E-state index contributed by atoms with van der Waals surface area (Å²) in [6.45, 7) is 3.76. The number of ether oxygens (including phenoxy) is 1. The topological polar surface area (TPSA) is 26.3 Å². The molecular weight excluding hydrogens is 152 g/mol. The van der Waals surface area contributed by atoms with Gasteiger partial charge in [-0.2, -0.15) is 0 Å². The molecule has 0 aromatic rings. The lowest BCUT2D eigenvalue weighted by molar-refractivity contribution is -0.134. The van der Waals surface area contributed by atoms with Crippen molar-refractivity contribution in [1.82, 2.24) is 0 Å². The third-order valence-corrected chi connectivity index (χ3v) is 2.05. The Bertz CT molecular complexity index is 224. The van der Waals surface area contributed by atoms with Crippen molar-refractivity contribution in [3.05, 3.63) is 24.3 Å². The van der Waals surface area contributed by atoms with Crippen LogP contribution < -0.4 is 0 Å². The number of Topliss-reactive ketones (excluding diaryl/α,β-unsaturated/α-hetero) is 1. The summed E-state index contributed by atoms with van der Waals surface area (Å²) in [7, 11) is 1.56. The van der Waals surface area contributed by atoms with Gasteiger partial charge in [0.2, 0.25) is 0 Å². The lowest BCUT2D eigenvalue weighted by Crippen LogP contribution is -2.38. The molecule has 0 fully saturated rings. The van der Waals surface area contributed by atoms with Gasteiger partial charge in [-0.15, -0.1) is 0 Å². The number of rotatable bonds is 3. The average Bonchev–Trinajstić information content (AvgIpc) is 2.52. The summed E-state index contributed by atoms with van der Waals surface area (Å²) >= 11 is 0. The molecule has 0 aromatic heterocycles. The van der Waals surface area contributed by atoms with E-state index >= 15 is 0 Å². The quantitative estimate of drug-likeness (QED) is 0.638. The Morgan fingerprint density at radius 2 is 1.83 bits per heavy atom. The highest BCUT2D eigenvalue weighted by Crippen LogP contribution is 2.24. The lowest BCUT2D eigenvalue weighted by atomic mass is 9.92. The van der Waals surface area contributed by atoms with Crippen LogP contribution in [0.5, 0.6) is 0 Å². The maximum absolute atomic E-state index is 11.7. The zero-order valence-electron chi connectivity index (χ0n) is 7.70. The van der Waals surface area contributed by atoms with Crippen molar-refractivity contribution < 1.29 is 9.53 Å². The molecule has 0 saturated carbocycles. The van der Waals surface area contributed by atoms with Gasteiger partial charge in [0, 0.05) is 13.0 Å². The number of methoxy groups -OCH3 is 1. The number of hydrogen-bond acceptors (Lipinski definition) is 2. The molecule has 0 bridgehead atoms. The summed E-state index contributed by atoms with van der Waals surface area (Å²) < 4.78 is 5.20. The highest BCUT2D eigenvalue weighted by atomic mass is 16.5. The Morgan fingerprint density at radius 1 is 1.33 bits per heavy atom. The number of hydrogen-bond donors (Lipinski definition) is 0. The number of carbonyl (C=O) groups excluding carboxylic acids is 1. The van der Waals surface area contributed by atoms with Gasteiger partial charge in [-0.25, -0.2) is 0 Å². The van der Waals surface area contributed by atoms with Crippen LogP contribution >= 0.6 is 0 Å². The predicted octanol–water partition coefficient (Wildman–Crippen LogP) is 1.72. The maximum Gasteiger partial charge on any atom is 0.175 e. The zero-order chi connectivity index (χ0) is 9.19. The molecule has 0 aromatic carbocycles. The van der Waals surface area contributed by atoms with Gasteiger partial charge in [0.05, 0.1) is 0 Å². The molecule has 0 heterocycles. The average molecular weight is 166 g/mol. The summed E-state index contributed by atoms with van der Waals surface area (Å²) in [5, 5.41) is 0. The molecular formula is C10H14O2. The smallest absolute Gasteiger partial charge is 0.175 e. The van der Waals surface area contributed by atoms with Crippen molar-refractivity contribution >= 4 is 5.78 Å². The van der Waals surface area contributed by atoms with Gasteiger partial charge in [0.1, 0.15) is 0 Å². The normalized spacial score (nSPS) is 19.0. The van der Waals surface area contributed by atoms with E-state index in [0.29, 0.717) is 0 Å². The number of ketones is 1. The monoisotopic (exact) mass is 166 g/mol. The second kappa shape index (κ2) is 3.23. The van der Waals surface area contributed by atoms with Crippen molar-refractivity contribution in [2.45, 2.75) is 19.4 Å². The molecule has 1 aliphatic carbocycles. The van der Waals surface area contributed by atoms with E-state index in [1.54, 1.807) is 19.3 Å². The van der Waals surface area contributed by atoms with Gasteiger partial charge in [-0.05, 0) is 12.2 Å². The van der Waals surface area contributed by atoms with E-state index in [4.69, 9.17) is 4.74 Å². The lowest BCUT2D eigenvalue weighted by Gasteiger charge is -2.23. The highest BCUT2D eigenvalue weighted by Gasteiger charge is 2.35. The van der Waals surface area contributed by atoms with Crippen molar-refractivity contribution in [3.8, 4) is 0 Å². The second-order valence-corrected chi connectivity index (χ2v) is 3.23. The first-order chi connectivity index (χ1) is 5.62. The van der Waals surface area contributed by atoms with Crippen molar-refractivity contribution in [2.24, 2.45) is 5.92 Å². The Morgan fingerprint density at radius 3 is 2.17 bits per heavy atom. The minimum Gasteiger partial charge on any atom is -0.362 e. The van der Waals surface area contributed by atoms with Crippen LogP contribution in [0, 0.1) is 5.92 Å². The molecule has 0 N–H and O–H groups in total. The molecule has 0 saturated heterocycles. The molecule has 0 spiro atoms. The van der Waals surface area contributed by atoms with Crippen LogP contribution in [0.1, 0.15) is 13.8 Å². The minimum atomic E-state index is -0.784. The van der Waals surface area contributed by atoms with Crippen molar-refractivity contribution in [1.29, 1.82) is 0 Å². The second-order valence-electron chi connectivity index (χ2n) is 3.23. The first-order valence-electron chi connectivity index (χ1n) is 4.09. The van der Waals surface area contributed by atoms with Crippen LogP contribution in [-0.2, 0) is 9.53 Å². The van der Waals surface area contributed by atoms with E-state index in [0.717, 1.165) is 0 Å². The summed E-state index contributed by atoms with van der Waals surface area (Å²) in [4.78, 5) is 11.7. The highest BCUT2D eigenvalue weighted by molar-refractivity contribution is 5.93. The van der Waals surface area contributed by atoms with Crippen molar-refractivity contribution in [2.75, 3.05) is 7.11 Å². The van der Waals surface area contributed by atoms with E-state index in [-0.39, 0.29) is 11.7 Å². The predicted molar refractivity (Wildman–Crippen MR) is 47.9 cm³/mol. The Hall–Kier alpha value is -0.890. The van der Waals surface area contributed by atoms with Crippen LogP contribution in [0.25, 0.3) is 0 Å². The van der Waals surface area contributed by atoms with Gasteiger partial charge in [0.25, 0.3) is 0 Å². The Kier molecular flexibility index (Phi) is 2.48. The SMILES string of the molecule is COC1(C(=O)C(C)C)C=CC=C1. The Balaban J connectivity index is 2.89. The molecule has 0 atom stereocenters. The molecule has 2 nitrogen and oxygen atoms in total. The molecule has 1 aliphatic rings. The molecule has 2 heteroatoms. The van der Waals surface area contributed by atoms with Crippen LogP contribution in [0.15, 0.2) is 24.3 Å². The summed E-state index contributed by atoms with van der Waals surface area (Å²) in [6.07, 6.45) is 7.25. The molecule has 66 valence electrons. The molecule has 0 radical (unpaired) electrons. The standard InChI is InChI=1S/C10H14O2/c1-8(2)9(11)10(12-3)6-4-5-7-10/h4-8H,1-3H3. The maximum atomic E-state index is 11.7. The van der Waals surface area contributed by atoms with Crippen LogP contribution in [0.2, 0.25) is 0 Å². The van der Waals surface area contributed by atoms with Crippen LogP contribution in [0.4, 0.5) is 0 Å².